The van der Waals surface area contributed by atoms with Crippen molar-refractivity contribution in [1.82, 2.24) is 9.88 Å². The molecule has 1 aliphatic rings. The lowest BCUT2D eigenvalue weighted by Crippen LogP contribution is -2.40. The third-order valence-electron chi connectivity index (χ3n) is 4.36. The van der Waals surface area contributed by atoms with Crippen molar-refractivity contribution in [3.63, 3.8) is 0 Å². The zero-order valence-corrected chi connectivity index (χ0v) is 12.8. The summed E-state index contributed by atoms with van der Waals surface area (Å²) in [5.41, 5.74) is 8.03. The second-order valence-corrected chi connectivity index (χ2v) is 5.82. The van der Waals surface area contributed by atoms with E-state index in [0.717, 1.165) is 25.1 Å². The van der Waals surface area contributed by atoms with Crippen LogP contribution in [0.2, 0.25) is 0 Å². The van der Waals surface area contributed by atoms with Crippen molar-refractivity contribution in [3.8, 4) is 0 Å². The van der Waals surface area contributed by atoms with Gasteiger partial charge in [0.25, 0.3) is 5.69 Å². The molecule has 0 bridgehead atoms. The lowest BCUT2D eigenvalue weighted by molar-refractivity contribution is -0.386. The van der Waals surface area contributed by atoms with Gasteiger partial charge in [-0.1, -0.05) is 6.42 Å². The van der Waals surface area contributed by atoms with Crippen LogP contribution in [0.15, 0.2) is 6.20 Å². The summed E-state index contributed by atoms with van der Waals surface area (Å²) in [7, 11) is 0. The van der Waals surface area contributed by atoms with E-state index < -0.39 is 0 Å². The molecule has 1 fully saturated rings. The molecule has 0 aliphatic carbocycles. The Labute approximate surface area is 125 Å². The summed E-state index contributed by atoms with van der Waals surface area (Å²) in [5, 5.41) is 11.2. The zero-order valence-electron chi connectivity index (χ0n) is 12.8. The Hall–Kier alpha value is -1.53. The number of pyridine rings is 1. The van der Waals surface area contributed by atoms with Gasteiger partial charge < -0.3 is 5.73 Å². The highest BCUT2D eigenvalue weighted by Gasteiger charge is 2.25. The number of nitrogens with zero attached hydrogens (tertiary/aromatic N) is 3. The van der Waals surface area contributed by atoms with Gasteiger partial charge in [-0.3, -0.25) is 20.0 Å². The minimum atomic E-state index is -0.302. The first-order valence-electron chi connectivity index (χ1n) is 7.58. The normalized spacial score (nSPS) is 19.7. The van der Waals surface area contributed by atoms with Crippen LogP contribution < -0.4 is 5.73 Å². The molecule has 1 saturated heterocycles. The van der Waals surface area contributed by atoms with Gasteiger partial charge in [0.2, 0.25) is 0 Å². The molecule has 0 saturated carbocycles. The Kier molecular flexibility index (Phi) is 5.25. The standard InChI is InChI=1S/C15H24N4O2/c1-11-9-17-14(12(2)15(11)19(20)21)10-18-8-4-3-5-13(18)6-7-16/h9,13H,3-8,10,16H2,1-2H3. The van der Waals surface area contributed by atoms with Crippen LogP contribution in [0, 0.1) is 24.0 Å². The van der Waals surface area contributed by atoms with Crippen LogP contribution in [0.3, 0.4) is 0 Å². The smallest absolute Gasteiger partial charge is 0.278 e. The number of hydrogen-bond donors (Lipinski definition) is 1. The average Bonchev–Trinajstić information content (AvgIpc) is 2.44. The molecule has 1 aromatic rings. The fourth-order valence-corrected chi connectivity index (χ4v) is 3.19. The van der Waals surface area contributed by atoms with Crippen LogP contribution in [0.4, 0.5) is 5.69 Å². The molecule has 6 heteroatoms. The van der Waals surface area contributed by atoms with Crippen LogP contribution in [0.5, 0.6) is 0 Å². The molecular formula is C15H24N4O2. The quantitative estimate of drug-likeness (QED) is 0.665. The predicted octanol–water partition coefficient (Wildman–Crippen LogP) is 2.31. The van der Waals surface area contributed by atoms with Crippen molar-refractivity contribution in [2.75, 3.05) is 13.1 Å². The number of aromatic nitrogens is 1. The molecule has 6 nitrogen and oxygen atoms in total. The Morgan fingerprint density at radius 3 is 2.90 bits per heavy atom. The van der Waals surface area contributed by atoms with Gasteiger partial charge in [-0.25, -0.2) is 0 Å². The highest BCUT2D eigenvalue weighted by molar-refractivity contribution is 5.47. The molecule has 1 aliphatic heterocycles. The van der Waals surface area contributed by atoms with E-state index in [4.69, 9.17) is 5.73 Å². The Bertz CT molecular complexity index is 517. The molecule has 0 amide bonds. The summed E-state index contributed by atoms with van der Waals surface area (Å²) in [5.74, 6) is 0. The fourth-order valence-electron chi connectivity index (χ4n) is 3.19. The van der Waals surface area contributed by atoms with Crippen LogP contribution in [0.1, 0.15) is 42.5 Å². The Balaban J connectivity index is 2.22. The van der Waals surface area contributed by atoms with E-state index in [1.165, 1.54) is 12.8 Å². The van der Waals surface area contributed by atoms with E-state index in [2.05, 4.69) is 9.88 Å². The lowest BCUT2D eigenvalue weighted by Gasteiger charge is -2.35. The maximum absolute atomic E-state index is 11.2. The Morgan fingerprint density at radius 2 is 2.24 bits per heavy atom. The van der Waals surface area contributed by atoms with Crippen LogP contribution in [-0.2, 0) is 6.54 Å². The van der Waals surface area contributed by atoms with Gasteiger partial charge in [0.15, 0.2) is 0 Å². The van der Waals surface area contributed by atoms with Gasteiger partial charge in [0.1, 0.15) is 0 Å². The minimum absolute atomic E-state index is 0.201. The van der Waals surface area contributed by atoms with Crippen LogP contribution in [0.25, 0.3) is 0 Å². The first-order valence-corrected chi connectivity index (χ1v) is 7.58. The maximum Gasteiger partial charge on any atom is 0.278 e. The highest BCUT2D eigenvalue weighted by Crippen LogP contribution is 2.27. The van der Waals surface area contributed by atoms with Gasteiger partial charge in [-0.15, -0.1) is 0 Å². The number of nitro groups is 1. The maximum atomic E-state index is 11.2. The second kappa shape index (κ2) is 6.95. The number of aryl methyl sites for hydroxylation is 1. The molecular weight excluding hydrogens is 268 g/mol. The average molecular weight is 292 g/mol. The molecule has 21 heavy (non-hydrogen) atoms. The molecule has 0 aromatic carbocycles. The van der Waals surface area contributed by atoms with E-state index in [9.17, 15) is 10.1 Å². The third kappa shape index (κ3) is 3.57. The SMILES string of the molecule is Cc1cnc(CN2CCCCC2CCN)c(C)c1[N+](=O)[O-]. The van der Waals surface area contributed by atoms with Crippen LogP contribution in [-0.4, -0.2) is 33.9 Å². The molecule has 0 radical (unpaired) electrons. The van der Waals surface area contributed by atoms with E-state index >= 15 is 0 Å². The summed E-state index contributed by atoms with van der Waals surface area (Å²) >= 11 is 0. The highest BCUT2D eigenvalue weighted by atomic mass is 16.6. The number of hydrogen-bond acceptors (Lipinski definition) is 5. The molecule has 1 aromatic heterocycles. The lowest BCUT2D eigenvalue weighted by atomic mass is 9.98. The second-order valence-electron chi connectivity index (χ2n) is 5.82. The molecule has 2 heterocycles. The van der Waals surface area contributed by atoms with Crippen molar-refractivity contribution in [1.29, 1.82) is 0 Å². The zero-order chi connectivity index (χ0) is 15.4. The van der Waals surface area contributed by atoms with Gasteiger partial charge in [0, 0.05) is 29.9 Å². The monoisotopic (exact) mass is 292 g/mol. The number of piperidine rings is 1. The molecule has 1 atom stereocenters. The molecule has 0 spiro atoms. The van der Waals surface area contributed by atoms with Crippen molar-refractivity contribution in [2.24, 2.45) is 5.73 Å². The summed E-state index contributed by atoms with van der Waals surface area (Å²) < 4.78 is 0. The van der Waals surface area contributed by atoms with E-state index in [-0.39, 0.29) is 10.6 Å². The molecule has 2 rings (SSSR count). The topological polar surface area (TPSA) is 85.3 Å². The Morgan fingerprint density at radius 1 is 1.48 bits per heavy atom. The van der Waals surface area contributed by atoms with E-state index in [0.29, 0.717) is 30.3 Å². The largest absolute Gasteiger partial charge is 0.330 e. The summed E-state index contributed by atoms with van der Waals surface area (Å²) in [6, 6.07) is 0.477. The van der Waals surface area contributed by atoms with Crippen molar-refractivity contribution in [3.05, 3.63) is 33.1 Å². The van der Waals surface area contributed by atoms with Crippen molar-refractivity contribution < 1.29 is 4.92 Å². The first kappa shape index (κ1) is 15.9. The number of nitrogens with two attached hydrogens (primary N) is 1. The van der Waals surface area contributed by atoms with Gasteiger partial charge in [-0.05, 0) is 46.2 Å². The predicted molar refractivity (Wildman–Crippen MR) is 82.1 cm³/mol. The molecule has 2 N–H and O–H groups in total. The van der Waals surface area contributed by atoms with Crippen molar-refractivity contribution >= 4 is 5.69 Å². The van der Waals surface area contributed by atoms with Gasteiger partial charge in [0.05, 0.1) is 10.6 Å². The van der Waals surface area contributed by atoms with E-state index in [1.807, 2.05) is 0 Å². The van der Waals surface area contributed by atoms with Gasteiger partial charge in [-0.2, -0.15) is 0 Å². The summed E-state index contributed by atoms with van der Waals surface area (Å²) in [6.45, 7) is 5.92. The number of rotatable bonds is 5. The summed E-state index contributed by atoms with van der Waals surface area (Å²) in [6.07, 6.45) is 6.16. The van der Waals surface area contributed by atoms with Gasteiger partial charge >= 0.3 is 0 Å². The minimum Gasteiger partial charge on any atom is -0.330 e. The molecule has 1 unspecified atom stereocenters. The summed E-state index contributed by atoms with van der Waals surface area (Å²) in [4.78, 5) is 17.7. The molecule has 116 valence electrons. The van der Waals surface area contributed by atoms with Crippen molar-refractivity contribution in [2.45, 2.75) is 52.1 Å². The first-order chi connectivity index (χ1) is 10.0. The van der Waals surface area contributed by atoms with Crippen LogP contribution >= 0.6 is 0 Å². The fraction of sp³-hybridized carbons (Fsp3) is 0.667. The third-order valence-corrected chi connectivity index (χ3v) is 4.36. The number of likely N-dealkylation sites (tertiary alicyclic amines) is 1. The van der Waals surface area contributed by atoms with E-state index in [1.54, 1.807) is 20.0 Å².